The zero-order chi connectivity index (χ0) is 14.3. The van der Waals surface area contributed by atoms with E-state index in [1.54, 1.807) is 6.07 Å². The van der Waals surface area contributed by atoms with Crippen molar-refractivity contribution in [2.75, 3.05) is 6.54 Å². The van der Waals surface area contributed by atoms with Crippen LogP contribution in [0.5, 0.6) is 0 Å². The summed E-state index contributed by atoms with van der Waals surface area (Å²) < 4.78 is 40.3. The van der Waals surface area contributed by atoms with Gasteiger partial charge in [-0.1, -0.05) is 6.07 Å². The summed E-state index contributed by atoms with van der Waals surface area (Å²) >= 11 is 0. The average molecular weight is 285 g/mol. The number of aromatic amines is 1. The van der Waals surface area contributed by atoms with E-state index in [0.717, 1.165) is 31.9 Å². The van der Waals surface area contributed by atoms with Crippen molar-refractivity contribution in [1.82, 2.24) is 14.9 Å². The molecule has 1 aromatic carbocycles. The second kappa shape index (κ2) is 4.66. The summed E-state index contributed by atoms with van der Waals surface area (Å²) in [5.41, 5.74) is -1.15. The maximum absolute atomic E-state index is 13.0. The van der Waals surface area contributed by atoms with Gasteiger partial charge in [0.25, 0.3) is 0 Å². The molecule has 0 bridgehead atoms. The van der Waals surface area contributed by atoms with Gasteiger partial charge in [0.15, 0.2) is 0 Å². The van der Waals surface area contributed by atoms with Crippen molar-refractivity contribution in [3.63, 3.8) is 0 Å². The monoisotopic (exact) mass is 285 g/mol. The number of nitrogens with one attached hydrogen (secondary N) is 2. The van der Waals surface area contributed by atoms with Crippen LogP contribution < -0.4 is 11.0 Å². The number of rotatable bonds is 1. The van der Waals surface area contributed by atoms with Crippen LogP contribution in [0.2, 0.25) is 0 Å². The molecule has 4 nitrogen and oxygen atoms in total. The van der Waals surface area contributed by atoms with E-state index in [4.69, 9.17) is 0 Å². The first-order chi connectivity index (χ1) is 9.48. The molecular formula is C13H14F3N3O. The number of hydrogen-bond acceptors (Lipinski definition) is 2. The number of imidazole rings is 1. The molecule has 0 aliphatic carbocycles. The van der Waals surface area contributed by atoms with Gasteiger partial charge in [-0.15, -0.1) is 0 Å². The van der Waals surface area contributed by atoms with E-state index >= 15 is 0 Å². The summed E-state index contributed by atoms with van der Waals surface area (Å²) in [7, 11) is 0. The Hall–Kier alpha value is -1.76. The summed E-state index contributed by atoms with van der Waals surface area (Å²) in [6.07, 6.45) is -2.01. The van der Waals surface area contributed by atoms with Gasteiger partial charge in [0.1, 0.15) is 0 Å². The normalized spacial score (nSPS) is 20.4. The van der Waals surface area contributed by atoms with Gasteiger partial charge >= 0.3 is 11.9 Å². The predicted molar refractivity (Wildman–Crippen MR) is 68.5 cm³/mol. The highest BCUT2D eigenvalue weighted by molar-refractivity contribution is 5.79. The lowest BCUT2D eigenvalue weighted by Gasteiger charge is -2.24. The third-order valence-corrected chi connectivity index (χ3v) is 3.65. The van der Waals surface area contributed by atoms with Crippen molar-refractivity contribution in [2.45, 2.75) is 31.6 Å². The number of hydrogen-bond donors (Lipinski definition) is 2. The largest absolute Gasteiger partial charge is 0.418 e. The Morgan fingerprint density at radius 1 is 1.25 bits per heavy atom. The molecule has 0 saturated carbocycles. The summed E-state index contributed by atoms with van der Waals surface area (Å²) in [5, 5.41) is 3.17. The first-order valence-electron chi connectivity index (χ1n) is 6.52. The molecule has 0 radical (unpaired) electrons. The lowest BCUT2D eigenvalue weighted by molar-refractivity contribution is -0.136. The molecule has 1 atom stereocenters. The zero-order valence-electron chi connectivity index (χ0n) is 10.6. The quantitative estimate of drug-likeness (QED) is 0.846. The maximum Gasteiger partial charge on any atom is 0.418 e. The molecule has 0 amide bonds. The number of para-hydroxylation sites is 1. The molecule has 1 aliphatic rings. The molecule has 108 valence electrons. The number of benzene rings is 1. The summed E-state index contributed by atoms with van der Waals surface area (Å²) in [5.74, 6) is 0. The standard InChI is InChI=1S/C13H14F3N3O/c14-13(15,16)8-4-3-5-9-11(8)18-12(20)19(9)10-6-1-2-7-17-10/h3-5,10,17H,1-2,6-7H2,(H,18,20). The van der Waals surface area contributed by atoms with Crippen molar-refractivity contribution < 1.29 is 13.2 Å². The van der Waals surface area contributed by atoms with E-state index in [9.17, 15) is 18.0 Å². The number of alkyl halides is 3. The SMILES string of the molecule is O=c1[nH]c2c(C(F)(F)F)cccc2n1C1CCCCN1. The minimum Gasteiger partial charge on any atom is -0.305 e. The molecule has 2 N–H and O–H groups in total. The van der Waals surface area contributed by atoms with Crippen LogP contribution in [0, 0.1) is 0 Å². The van der Waals surface area contributed by atoms with E-state index in [0.29, 0.717) is 5.52 Å². The first kappa shape index (κ1) is 13.2. The molecule has 2 aromatic rings. The van der Waals surface area contributed by atoms with Gasteiger partial charge in [0.2, 0.25) is 0 Å². The van der Waals surface area contributed by atoms with Gasteiger partial charge in [-0.05, 0) is 37.9 Å². The van der Waals surface area contributed by atoms with Crippen LogP contribution in [0.3, 0.4) is 0 Å². The van der Waals surface area contributed by atoms with Crippen molar-refractivity contribution in [3.05, 3.63) is 34.2 Å². The van der Waals surface area contributed by atoms with Gasteiger partial charge in [-0.25, -0.2) is 4.79 Å². The third kappa shape index (κ3) is 2.11. The lowest BCUT2D eigenvalue weighted by Crippen LogP contribution is -2.36. The summed E-state index contributed by atoms with van der Waals surface area (Å²) in [6.45, 7) is 0.767. The summed E-state index contributed by atoms with van der Waals surface area (Å²) in [6, 6.07) is 3.85. The van der Waals surface area contributed by atoms with Crippen LogP contribution >= 0.6 is 0 Å². The minimum atomic E-state index is -4.48. The van der Waals surface area contributed by atoms with E-state index in [2.05, 4.69) is 10.3 Å². The Labute approximate surface area is 112 Å². The Morgan fingerprint density at radius 2 is 2.05 bits per heavy atom. The molecule has 1 aliphatic heterocycles. The smallest absolute Gasteiger partial charge is 0.305 e. The van der Waals surface area contributed by atoms with Crippen molar-refractivity contribution in [1.29, 1.82) is 0 Å². The minimum absolute atomic E-state index is 0.141. The van der Waals surface area contributed by atoms with Gasteiger partial charge < -0.3 is 4.98 Å². The topological polar surface area (TPSA) is 49.8 Å². The molecule has 0 spiro atoms. The van der Waals surface area contributed by atoms with Gasteiger partial charge in [0.05, 0.1) is 22.8 Å². The molecule has 1 unspecified atom stereocenters. The Kier molecular flexibility index (Phi) is 3.08. The van der Waals surface area contributed by atoms with Crippen molar-refractivity contribution in [2.24, 2.45) is 0 Å². The molecule has 1 saturated heterocycles. The molecule has 2 heterocycles. The highest BCUT2D eigenvalue weighted by Gasteiger charge is 2.34. The number of halogens is 3. The van der Waals surface area contributed by atoms with E-state index in [1.165, 1.54) is 10.6 Å². The van der Waals surface area contributed by atoms with E-state index in [1.807, 2.05) is 0 Å². The van der Waals surface area contributed by atoms with Gasteiger partial charge in [-0.3, -0.25) is 9.88 Å². The highest BCUT2D eigenvalue weighted by Crippen LogP contribution is 2.34. The number of H-pyrrole nitrogens is 1. The Morgan fingerprint density at radius 3 is 2.70 bits per heavy atom. The number of piperidine rings is 1. The maximum atomic E-state index is 13.0. The average Bonchev–Trinajstić information content (AvgIpc) is 2.74. The zero-order valence-corrected chi connectivity index (χ0v) is 10.6. The van der Waals surface area contributed by atoms with Crippen LogP contribution in [0.4, 0.5) is 13.2 Å². The van der Waals surface area contributed by atoms with Crippen LogP contribution in [0.25, 0.3) is 11.0 Å². The van der Waals surface area contributed by atoms with Gasteiger partial charge in [-0.2, -0.15) is 13.2 Å². The second-order valence-electron chi connectivity index (χ2n) is 4.96. The van der Waals surface area contributed by atoms with Crippen LogP contribution in [0.1, 0.15) is 31.0 Å². The first-order valence-corrected chi connectivity index (χ1v) is 6.52. The van der Waals surface area contributed by atoms with Crippen molar-refractivity contribution >= 4 is 11.0 Å². The fourth-order valence-corrected chi connectivity index (χ4v) is 2.75. The predicted octanol–water partition coefficient (Wildman–Crippen LogP) is 2.62. The Bertz CT molecular complexity index is 680. The molecular weight excluding hydrogens is 271 g/mol. The molecule has 1 fully saturated rings. The van der Waals surface area contributed by atoms with Gasteiger partial charge in [0, 0.05) is 0 Å². The molecule has 3 rings (SSSR count). The van der Waals surface area contributed by atoms with Crippen LogP contribution in [-0.2, 0) is 6.18 Å². The van der Waals surface area contributed by atoms with E-state index < -0.39 is 17.4 Å². The highest BCUT2D eigenvalue weighted by atomic mass is 19.4. The number of nitrogens with zero attached hydrogens (tertiary/aromatic N) is 1. The van der Waals surface area contributed by atoms with Crippen LogP contribution in [0.15, 0.2) is 23.0 Å². The molecule has 1 aromatic heterocycles. The number of fused-ring (bicyclic) bond motifs is 1. The lowest BCUT2D eigenvalue weighted by atomic mass is 10.1. The summed E-state index contributed by atoms with van der Waals surface area (Å²) in [4.78, 5) is 14.4. The fraction of sp³-hybridized carbons (Fsp3) is 0.462. The van der Waals surface area contributed by atoms with Crippen molar-refractivity contribution in [3.8, 4) is 0 Å². The third-order valence-electron chi connectivity index (χ3n) is 3.65. The Balaban J connectivity index is 2.19. The second-order valence-corrected chi connectivity index (χ2v) is 4.96. The van der Waals surface area contributed by atoms with E-state index in [-0.39, 0.29) is 11.7 Å². The fourth-order valence-electron chi connectivity index (χ4n) is 2.75. The molecule has 7 heteroatoms. The molecule has 20 heavy (non-hydrogen) atoms. The number of aromatic nitrogens is 2. The van der Waals surface area contributed by atoms with Crippen LogP contribution in [-0.4, -0.2) is 16.1 Å².